The van der Waals surface area contributed by atoms with Crippen molar-refractivity contribution in [3.8, 4) is 5.75 Å². The minimum atomic E-state index is 0.728. The van der Waals surface area contributed by atoms with Crippen molar-refractivity contribution in [1.29, 1.82) is 0 Å². The monoisotopic (exact) mass is 246 g/mol. The van der Waals surface area contributed by atoms with Crippen molar-refractivity contribution in [3.05, 3.63) is 29.3 Å². The summed E-state index contributed by atoms with van der Waals surface area (Å²) in [5.41, 5.74) is 3.01. The van der Waals surface area contributed by atoms with Gasteiger partial charge in [0.05, 0.1) is 7.11 Å². The van der Waals surface area contributed by atoms with Crippen molar-refractivity contribution in [2.45, 2.75) is 25.3 Å². The molecule has 98 valence electrons. The molecule has 3 heteroatoms. The Morgan fingerprint density at radius 1 is 1.22 bits per heavy atom. The Bertz CT molecular complexity index is 413. The molecule has 0 saturated carbocycles. The number of fused-ring (bicyclic) bond motifs is 1. The average molecular weight is 246 g/mol. The van der Waals surface area contributed by atoms with Gasteiger partial charge in [0.25, 0.3) is 0 Å². The van der Waals surface area contributed by atoms with Crippen LogP contribution in [0.1, 0.15) is 17.5 Å². The van der Waals surface area contributed by atoms with E-state index >= 15 is 0 Å². The predicted molar refractivity (Wildman–Crippen MR) is 73.2 cm³/mol. The van der Waals surface area contributed by atoms with Crippen LogP contribution in [0.25, 0.3) is 0 Å². The fraction of sp³-hybridized carbons (Fsp3) is 0.600. The third-order valence-electron chi connectivity index (χ3n) is 4.28. The van der Waals surface area contributed by atoms with Gasteiger partial charge in [0, 0.05) is 32.2 Å². The maximum atomic E-state index is 5.34. The van der Waals surface area contributed by atoms with Crippen molar-refractivity contribution in [1.82, 2.24) is 10.2 Å². The first kappa shape index (κ1) is 12.0. The average Bonchev–Trinajstić information content (AvgIpc) is 2.47. The number of ether oxygens (including phenoxy) is 1. The summed E-state index contributed by atoms with van der Waals surface area (Å²) in [6.45, 7) is 4.68. The summed E-state index contributed by atoms with van der Waals surface area (Å²) in [5, 5.41) is 3.43. The second kappa shape index (κ2) is 5.29. The smallest absolute Gasteiger partial charge is 0.119 e. The summed E-state index contributed by atoms with van der Waals surface area (Å²) in [4.78, 5) is 2.65. The van der Waals surface area contributed by atoms with Gasteiger partial charge in [-0.2, -0.15) is 0 Å². The van der Waals surface area contributed by atoms with E-state index in [9.17, 15) is 0 Å². The Kier molecular flexibility index (Phi) is 3.52. The molecule has 3 nitrogen and oxygen atoms in total. The van der Waals surface area contributed by atoms with Crippen LogP contribution in [0.15, 0.2) is 18.2 Å². The first-order valence-corrected chi connectivity index (χ1v) is 6.97. The van der Waals surface area contributed by atoms with E-state index in [4.69, 9.17) is 4.74 Å². The molecular weight excluding hydrogens is 224 g/mol. The molecule has 1 aliphatic carbocycles. The van der Waals surface area contributed by atoms with E-state index in [1.165, 1.54) is 43.5 Å². The molecule has 1 unspecified atom stereocenters. The SMILES string of the molecule is COc1ccc2c(c1)CC(N1CCNCC1)CC2. The van der Waals surface area contributed by atoms with Gasteiger partial charge in [0.15, 0.2) is 0 Å². The quantitative estimate of drug-likeness (QED) is 0.855. The van der Waals surface area contributed by atoms with Gasteiger partial charge >= 0.3 is 0 Å². The summed E-state index contributed by atoms with van der Waals surface area (Å²) >= 11 is 0. The van der Waals surface area contributed by atoms with E-state index in [1.807, 2.05) is 0 Å². The number of aryl methyl sites for hydroxylation is 1. The fourth-order valence-corrected chi connectivity index (χ4v) is 3.20. The van der Waals surface area contributed by atoms with E-state index in [1.54, 1.807) is 7.11 Å². The van der Waals surface area contributed by atoms with Crippen molar-refractivity contribution in [3.63, 3.8) is 0 Å². The van der Waals surface area contributed by atoms with Crippen LogP contribution in [0.2, 0.25) is 0 Å². The van der Waals surface area contributed by atoms with Crippen molar-refractivity contribution in [2.75, 3.05) is 33.3 Å². The lowest BCUT2D eigenvalue weighted by atomic mass is 9.87. The lowest BCUT2D eigenvalue weighted by Crippen LogP contribution is -2.50. The zero-order chi connectivity index (χ0) is 12.4. The molecule has 2 aliphatic rings. The van der Waals surface area contributed by atoms with Crippen LogP contribution in [0, 0.1) is 0 Å². The Balaban J connectivity index is 1.74. The molecule has 0 amide bonds. The molecule has 3 rings (SSSR count). The number of hydrogen-bond donors (Lipinski definition) is 1. The zero-order valence-corrected chi connectivity index (χ0v) is 11.1. The third-order valence-corrected chi connectivity index (χ3v) is 4.28. The standard InChI is InChI=1S/C15H22N2O/c1-18-15-5-3-12-2-4-14(10-13(12)11-15)17-8-6-16-7-9-17/h3,5,11,14,16H,2,4,6-10H2,1H3. The number of hydrogen-bond acceptors (Lipinski definition) is 3. The number of methoxy groups -OCH3 is 1. The van der Waals surface area contributed by atoms with Crippen LogP contribution in [0.3, 0.4) is 0 Å². The molecule has 1 atom stereocenters. The lowest BCUT2D eigenvalue weighted by molar-refractivity contribution is 0.159. The molecule has 1 heterocycles. The molecule has 1 N–H and O–H groups in total. The summed E-state index contributed by atoms with van der Waals surface area (Å²) in [7, 11) is 1.75. The highest BCUT2D eigenvalue weighted by Gasteiger charge is 2.25. The van der Waals surface area contributed by atoms with E-state index < -0.39 is 0 Å². The number of nitrogens with zero attached hydrogens (tertiary/aromatic N) is 1. The van der Waals surface area contributed by atoms with Gasteiger partial charge in [-0.1, -0.05) is 6.07 Å². The highest BCUT2D eigenvalue weighted by Crippen LogP contribution is 2.27. The Morgan fingerprint density at radius 3 is 2.83 bits per heavy atom. The second-order valence-electron chi connectivity index (χ2n) is 5.32. The molecule has 1 aromatic carbocycles. The minimum absolute atomic E-state index is 0.728. The first-order chi connectivity index (χ1) is 8.86. The topological polar surface area (TPSA) is 24.5 Å². The van der Waals surface area contributed by atoms with E-state index in [2.05, 4.69) is 28.4 Å². The highest BCUT2D eigenvalue weighted by molar-refractivity contribution is 5.37. The van der Waals surface area contributed by atoms with Gasteiger partial charge in [-0.15, -0.1) is 0 Å². The van der Waals surface area contributed by atoms with E-state index in [0.717, 1.165) is 24.9 Å². The van der Waals surface area contributed by atoms with Crippen molar-refractivity contribution < 1.29 is 4.74 Å². The molecule has 0 aromatic heterocycles. The largest absolute Gasteiger partial charge is 0.497 e. The Hall–Kier alpha value is -1.06. The van der Waals surface area contributed by atoms with Gasteiger partial charge in [-0.25, -0.2) is 0 Å². The molecule has 0 bridgehead atoms. The number of nitrogens with one attached hydrogen (secondary N) is 1. The fourth-order valence-electron chi connectivity index (χ4n) is 3.20. The van der Waals surface area contributed by atoms with E-state index in [0.29, 0.717) is 0 Å². The molecular formula is C15H22N2O. The van der Waals surface area contributed by atoms with Crippen LogP contribution in [0.4, 0.5) is 0 Å². The van der Waals surface area contributed by atoms with Crippen LogP contribution >= 0.6 is 0 Å². The third kappa shape index (κ3) is 2.38. The van der Waals surface area contributed by atoms with Gasteiger partial charge in [-0.05, 0) is 42.5 Å². The lowest BCUT2D eigenvalue weighted by Gasteiger charge is -2.37. The van der Waals surface area contributed by atoms with Crippen molar-refractivity contribution in [2.24, 2.45) is 0 Å². The van der Waals surface area contributed by atoms with Crippen LogP contribution in [-0.4, -0.2) is 44.2 Å². The van der Waals surface area contributed by atoms with Crippen LogP contribution < -0.4 is 10.1 Å². The molecule has 1 aliphatic heterocycles. The predicted octanol–water partition coefficient (Wildman–Crippen LogP) is 1.46. The molecule has 0 spiro atoms. The summed E-state index contributed by atoms with van der Waals surface area (Å²) in [5.74, 6) is 0.995. The molecule has 0 radical (unpaired) electrons. The zero-order valence-electron chi connectivity index (χ0n) is 11.1. The van der Waals surface area contributed by atoms with Gasteiger partial charge in [0.2, 0.25) is 0 Å². The highest BCUT2D eigenvalue weighted by atomic mass is 16.5. The normalized spacial score (nSPS) is 24.6. The van der Waals surface area contributed by atoms with Gasteiger partial charge < -0.3 is 10.1 Å². The van der Waals surface area contributed by atoms with E-state index in [-0.39, 0.29) is 0 Å². The van der Waals surface area contributed by atoms with Gasteiger partial charge in [0.1, 0.15) is 5.75 Å². The van der Waals surface area contributed by atoms with Crippen LogP contribution in [-0.2, 0) is 12.8 Å². The molecule has 1 fully saturated rings. The number of rotatable bonds is 2. The molecule has 1 aromatic rings. The molecule has 1 saturated heterocycles. The second-order valence-corrected chi connectivity index (χ2v) is 5.32. The van der Waals surface area contributed by atoms with Crippen LogP contribution in [0.5, 0.6) is 5.75 Å². The Morgan fingerprint density at radius 2 is 2.06 bits per heavy atom. The summed E-state index contributed by atoms with van der Waals surface area (Å²) in [6.07, 6.45) is 3.71. The summed E-state index contributed by atoms with van der Waals surface area (Å²) in [6, 6.07) is 7.28. The van der Waals surface area contributed by atoms with Gasteiger partial charge in [-0.3, -0.25) is 4.90 Å². The van der Waals surface area contributed by atoms with Crippen molar-refractivity contribution >= 4 is 0 Å². The first-order valence-electron chi connectivity index (χ1n) is 6.97. The number of benzene rings is 1. The summed E-state index contributed by atoms with van der Waals surface area (Å²) < 4.78 is 5.34. The number of piperazine rings is 1. The Labute approximate surface area is 109 Å². The maximum absolute atomic E-state index is 5.34. The minimum Gasteiger partial charge on any atom is -0.497 e. The molecule has 18 heavy (non-hydrogen) atoms. The maximum Gasteiger partial charge on any atom is 0.119 e.